The number of nitrogens with zero attached hydrogens (tertiary/aromatic N) is 1. The van der Waals surface area contributed by atoms with Gasteiger partial charge in [0, 0.05) is 31.2 Å². The molecule has 0 unspecified atom stereocenters. The molecule has 0 spiro atoms. The Morgan fingerprint density at radius 2 is 2.20 bits per heavy atom. The smallest absolute Gasteiger partial charge is 0.0835 e. The summed E-state index contributed by atoms with van der Waals surface area (Å²) in [5, 5.41) is 10.7. The van der Waals surface area contributed by atoms with Gasteiger partial charge in [-0.2, -0.15) is 0 Å². The highest BCUT2D eigenvalue weighted by Gasteiger charge is 2.24. The SMILES string of the molecule is O[C@@H](c1ccncc1Cl)C1CCOCC1. The van der Waals surface area contributed by atoms with Gasteiger partial charge in [-0.05, 0) is 24.8 Å². The fourth-order valence-corrected chi connectivity index (χ4v) is 2.14. The molecule has 0 saturated carbocycles. The van der Waals surface area contributed by atoms with E-state index in [0.717, 1.165) is 31.6 Å². The number of hydrogen-bond acceptors (Lipinski definition) is 3. The predicted octanol–water partition coefficient (Wildman–Crippen LogP) is 2.20. The third-order valence-corrected chi connectivity index (χ3v) is 3.15. The van der Waals surface area contributed by atoms with Crippen LogP contribution < -0.4 is 0 Å². The lowest BCUT2D eigenvalue weighted by Crippen LogP contribution is -2.22. The van der Waals surface area contributed by atoms with E-state index in [1.54, 1.807) is 18.5 Å². The molecule has 1 N–H and O–H groups in total. The van der Waals surface area contributed by atoms with Crippen LogP contribution in [0.1, 0.15) is 24.5 Å². The summed E-state index contributed by atoms with van der Waals surface area (Å²) in [5.74, 6) is 0.249. The fraction of sp³-hybridized carbons (Fsp3) is 0.545. The third kappa shape index (κ3) is 2.48. The van der Waals surface area contributed by atoms with Gasteiger partial charge in [0.15, 0.2) is 0 Å². The summed E-state index contributed by atoms with van der Waals surface area (Å²) in [6.45, 7) is 1.45. The van der Waals surface area contributed by atoms with Crippen LogP contribution >= 0.6 is 11.6 Å². The zero-order chi connectivity index (χ0) is 10.7. The van der Waals surface area contributed by atoms with Crippen molar-refractivity contribution in [3.63, 3.8) is 0 Å². The number of aliphatic hydroxyl groups is 1. The van der Waals surface area contributed by atoms with Gasteiger partial charge in [0.1, 0.15) is 0 Å². The van der Waals surface area contributed by atoms with Crippen LogP contribution in [0.15, 0.2) is 18.5 Å². The number of halogens is 1. The number of aliphatic hydroxyl groups excluding tert-OH is 1. The minimum Gasteiger partial charge on any atom is -0.388 e. The normalized spacial score (nSPS) is 20.1. The summed E-state index contributed by atoms with van der Waals surface area (Å²) >= 11 is 5.98. The summed E-state index contributed by atoms with van der Waals surface area (Å²) < 4.78 is 5.26. The molecule has 15 heavy (non-hydrogen) atoms. The first-order chi connectivity index (χ1) is 7.29. The van der Waals surface area contributed by atoms with Gasteiger partial charge in [-0.25, -0.2) is 0 Å². The first-order valence-electron chi connectivity index (χ1n) is 5.14. The standard InChI is InChI=1S/C11H14ClNO2/c12-10-7-13-4-1-9(10)11(14)8-2-5-15-6-3-8/h1,4,7-8,11,14H,2-3,5-6H2/t11-/m1/s1. The Hall–Kier alpha value is -0.640. The molecule has 2 rings (SSSR count). The maximum atomic E-state index is 10.2. The number of hydrogen-bond donors (Lipinski definition) is 1. The van der Waals surface area contributed by atoms with Crippen LogP contribution in [-0.4, -0.2) is 23.3 Å². The molecule has 1 atom stereocenters. The summed E-state index contributed by atoms with van der Waals surface area (Å²) in [4.78, 5) is 3.90. The minimum absolute atomic E-state index is 0.249. The van der Waals surface area contributed by atoms with Crippen LogP contribution in [0.25, 0.3) is 0 Å². The lowest BCUT2D eigenvalue weighted by Gasteiger charge is -2.27. The van der Waals surface area contributed by atoms with Gasteiger partial charge in [0.2, 0.25) is 0 Å². The highest BCUT2D eigenvalue weighted by molar-refractivity contribution is 6.31. The Bertz CT molecular complexity index is 326. The van der Waals surface area contributed by atoms with Crippen LogP contribution in [0, 0.1) is 5.92 Å². The molecule has 1 saturated heterocycles. The molecule has 1 fully saturated rings. The molecule has 1 aliphatic heterocycles. The number of aromatic nitrogens is 1. The van der Waals surface area contributed by atoms with E-state index in [9.17, 15) is 5.11 Å². The second kappa shape index (κ2) is 4.92. The summed E-state index contributed by atoms with van der Waals surface area (Å²) in [7, 11) is 0. The Morgan fingerprint density at radius 1 is 1.47 bits per heavy atom. The van der Waals surface area contributed by atoms with E-state index < -0.39 is 6.10 Å². The van der Waals surface area contributed by atoms with Gasteiger partial charge in [-0.1, -0.05) is 11.6 Å². The van der Waals surface area contributed by atoms with E-state index in [4.69, 9.17) is 16.3 Å². The first kappa shape index (κ1) is 10.9. The van der Waals surface area contributed by atoms with Crippen LogP contribution in [0.4, 0.5) is 0 Å². The second-order valence-corrected chi connectivity index (χ2v) is 4.20. The Balaban J connectivity index is 2.12. The minimum atomic E-state index is -0.496. The molecule has 1 aromatic rings. The first-order valence-corrected chi connectivity index (χ1v) is 5.52. The average Bonchev–Trinajstić information content (AvgIpc) is 2.30. The molecule has 3 nitrogen and oxygen atoms in total. The van der Waals surface area contributed by atoms with Crippen molar-refractivity contribution in [3.05, 3.63) is 29.0 Å². The largest absolute Gasteiger partial charge is 0.388 e. The fourth-order valence-electron chi connectivity index (χ4n) is 1.91. The van der Waals surface area contributed by atoms with Gasteiger partial charge >= 0.3 is 0 Å². The van der Waals surface area contributed by atoms with Gasteiger partial charge in [0.05, 0.1) is 11.1 Å². The molecule has 0 aromatic carbocycles. The molecule has 2 heterocycles. The molecular weight excluding hydrogens is 214 g/mol. The summed E-state index contributed by atoms with van der Waals surface area (Å²) in [6.07, 6.45) is 4.51. The predicted molar refractivity (Wildman–Crippen MR) is 57.7 cm³/mol. The van der Waals surface area contributed by atoms with Crippen molar-refractivity contribution < 1.29 is 9.84 Å². The van der Waals surface area contributed by atoms with Crippen LogP contribution in [0.5, 0.6) is 0 Å². The molecule has 4 heteroatoms. The summed E-state index contributed by atoms with van der Waals surface area (Å²) in [5.41, 5.74) is 0.776. The van der Waals surface area contributed by atoms with Crippen LogP contribution in [0.3, 0.4) is 0 Å². The highest BCUT2D eigenvalue weighted by atomic mass is 35.5. The van der Waals surface area contributed by atoms with E-state index in [0.29, 0.717) is 5.02 Å². The lowest BCUT2D eigenvalue weighted by atomic mass is 9.90. The Labute approximate surface area is 94.0 Å². The molecule has 0 aliphatic carbocycles. The Morgan fingerprint density at radius 3 is 2.87 bits per heavy atom. The topological polar surface area (TPSA) is 42.4 Å². The summed E-state index contributed by atoms with van der Waals surface area (Å²) in [6, 6.07) is 1.78. The zero-order valence-corrected chi connectivity index (χ0v) is 9.15. The van der Waals surface area contributed by atoms with E-state index in [2.05, 4.69) is 4.98 Å². The monoisotopic (exact) mass is 227 g/mol. The van der Waals surface area contributed by atoms with E-state index in [1.165, 1.54) is 0 Å². The van der Waals surface area contributed by atoms with Crippen molar-refractivity contribution in [1.82, 2.24) is 4.98 Å². The molecular formula is C11H14ClNO2. The average molecular weight is 228 g/mol. The van der Waals surface area contributed by atoms with Crippen LogP contribution in [-0.2, 0) is 4.74 Å². The van der Waals surface area contributed by atoms with Crippen molar-refractivity contribution in [2.45, 2.75) is 18.9 Å². The molecule has 0 bridgehead atoms. The van der Waals surface area contributed by atoms with E-state index in [1.807, 2.05) is 0 Å². The maximum absolute atomic E-state index is 10.2. The number of ether oxygens (including phenoxy) is 1. The van der Waals surface area contributed by atoms with Crippen molar-refractivity contribution in [2.75, 3.05) is 13.2 Å². The molecule has 0 amide bonds. The lowest BCUT2D eigenvalue weighted by molar-refractivity contribution is 0.00719. The molecule has 82 valence electrons. The van der Waals surface area contributed by atoms with E-state index in [-0.39, 0.29) is 5.92 Å². The van der Waals surface area contributed by atoms with Crippen LogP contribution in [0.2, 0.25) is 5.02 Å². The van der Waals surface area contributed by atoms with Crippen molar-refractivity contribution in [3.8, 4) is 0 Å². The van der Waals surface area contributed by atoms with Gasteiger partial charge in [-0.15, -0.1) is 0 Å². The highest BCUT2D eigenvalue weighted by Crippen LogP contribution is 2.32. The van der Waals surface area contributed by atoms with Crippen molar-refractivity contribution >= 4 is 11.6 Å². The Kier molecular flexibility index (Phi) is 3.57. The van der Waals surface area contributed by atoms with Gasteiger partial charge < -0.3 is 9.84 Å². The quantitative estimate of drug-likeness (QED) is 0.842. The molecule has 1 aromatic heterocycles. The molecule has 1 aliphatic rings. The van der Waals surface area contributed by atoms with E-state index >= 15 is 0 Å². The number of pyridine rings is 1. The van der Waals surface area contributed by atoms with Crippen molar-refractivity contribution in [2.24, 2.45) is 5.92 Å². The van der Waals surface area contributed by atoms with Crippen molar-refractivity contribution in [1.29, 1.82) is 0 Å². The maximum Gasteiger partial charge on any atom is 0.0835 e. The zero-order valence-electron chi connectivity index (χ0n) is 8.40. The second-order valence-electron chi connectivity index (χ2n) is 3.79. The third-order valence-electron chi connectivity index (χ3n) is 2.83. The molecule has 0 radical (unpaired) electrons. The van der Waals surface area contributed by atoms with Gasteiger partial charge in [-0.3, -0.25) is 4.98 Å². The van der Waals surface area contributed by atoms with Gasteiger partial charge in [0.25, 0.3) is 0 Å². The number of rotatable bonds is 2.